The van der Waals surface area contributed by atoms with E-state index >= 15 is 0 Å². The van der Waals surface area contributed by atoms with Crippen LogP contribution >= 0.6 is 24.0 Å². The Hall–Kier alpha value is -0.0400. The van der Waals surface area contributed by atoms with Crippen molar-refractivity contribution in [1.29, 1.82) is 0 Å². The molecule has 0 aromatic heterocycles. The maximum atomic E-state index is 4.42. The number of halogens is 1. The quantitative estimate of drug-likeness (QED) is 0.380. The van der Waals surface area contributed by atoms with E-state index in [4.69, 9.17) is 0 Å². The van der Waals surface area contributed by atoms with Gasteiger partial charge in [0.05, 0.1) is 0 Å². The van der Waals surface area contributed by atoms with Crippen molar-refractivity contribution in [2.45, 2.75) is 71.3 Å². The van der Waals surface area contributed by atoms with Crippen molar-refractivity contribution < 1.29 is 0 Å². The summed E-state index contributed by atoms with van der Waals surface area (Å²) >= 11 is 0. The molecule has 0 spiro atoms. The van der Waals surface area contributed by atoms with Crippen LogP contribution < -0.4 is 10.6 Å². The fraction of sp³-hybridized carbons (Fsp3) is 0.944. The Balaban J connectivity index is 0.00000264. The van der Waals surface area contributed by atoms with E-state index in [0.717, 1.165) is 12.5 Å². The van der Waals surface area contributed by atoms with Crippen molar-refractivity contribution in [2.75, 3.05) is 33.2 Å². The Morgan fingerprint density at radius 3 is 2.43 bits per heavy atom. The third-order valence-electron chi connectivity index (χ3n) is 5.47. The van der Waals surface area contributed by atoms with E-state index in [9.17, 15) is 0 Å². The summed E-state index contributed by atoms with van der Waals surface area (Å²) in [6.45, 7) is 9.47. The zero-order chi connectivity index (χ0) is 15.8. The molecule has 0 unspecified atom stereocenters. The van der Waals surface area contributed by atoms with Gasteiger partial charge in [-0.25, -0.2) is 0 Å². The lowest BCUT2D eigenvalue weighted by Gasteiger charge is -2.33. The topological polar surface area (TPSA) is 39.7 Å². The van der Waals surface area contributed by atoms with Gasteiger partial charge in [0.25, 0.3) is 0 Å². The third-order valence-corrected chi connectivity index (χ3v) is 5.47. The van der Waals surface area contributed by atoms with Gasteiger partial charge in [-0.1, -0.05) is 33.1 Å². The van der Waals surface area contributed by atoms with Crippen LogP contribution in [0.2, 0.25) is 0 Å². The molecule has 2 N–H and O–H groups in total. The highest BCUT2D eigenvalue weighted by Crippen LogP contribution is 2.36. The highest BCUT2D eigenvalue weighted by atomic mass is 127. The van der Waals surface area contributed by atoms with Gasteiger partial charge in [-0.2, -0.15) is 0 Å². The highest BCUT2D eigenvalue weighted by molar-refractivity contribution is 14.0. The van der Waals surface area contributed by atoms with Crippen LogP contribution in [0.1, 0.15) is 65.2 Å². The number of likely N-dealkylation sites (tertiary alicyclic amines) is 1. The van der Waals surface area contributed by atoms with Crippen LogP contribution in [0.25, 0.3) is 0 Å². The van der Waals surface area contributed by atoms with Crippen LogP contribution in [0.4, 0.5) is 0 Å². The van der Waals surface area contributed by atoms with Gasteiger partial charge in [-0.15, -0.1) is 24.0 Å². The number of piperidine rings is 1. The smallest absolute Gasteiger partial charge is 0.191 e. The first-order valence-corrected chi connectivity index (χ1v) is 9.35. The van der Waals surface area contributed by atoms with Gasteiger partial charge in [0, 0.05) is 32.7 Å². The number of guanidine groups is 1. The van der Waals surface area contributed by atoms with Crippen molar-refractivity contribution in [3.63, 3.8) is 0 Å². The van der Waals surface area contributed by atoms with E-state index in [1.54, 1.807) is 0 Å². The van der Waals surface area contributed by atoms with E-state index in [0.29, 0.717) is 11.5 Å². The molecule has 136 valence electrons. The SMILES string of the molecule is CCCCN1CCC(NC(=NC)NCC2(C)CCCC2)CC1.I. The minimum atomic E-state index is 0. The Morgan fingerprint density at radius 1 is 1.22 bits per heavy atom. The normalized spacial score (nSPS) is 22.7. The molecule has 5 heteroatoms. The zero-order valence-electron chi connectivity index (χ0n) is 15.4. The predicted octanol–water partition coefficient (Wildman–Crippen LogP) is 3.61. The molecule has 23 heavy (non-hydrogen) atoms. The maximum absolute atomic E-state index is 4.42. The average molecular weight is 436 g/mol. The standard InChI is InChI=1S/C18H36N4.HI/c1-4-5-12-22-13-8-16(9-14-22)21-17(19-3)20-15-18(2)10-6-7-11-18;/h16H,4-15H2,1-3H3,(H2,19,20,21);1H. The fourth-order valence-electron chi connectivity index (χ4n) is 3.77. The Bertz CT molecular complexity index is 345. The summed E-state index contributed by atoms with van der Waals surface area (Å²) in [7, 11) is 1.89. The average Bonchev–Trinajstić information content (AvgIpc) is 2.97. The number of hydrogen-bond acceptors (Lipinski definition) is 2. The van der Waals surface area contributed by atoms with Gasteiger partial charge in [0.1, 0.15) is 0 Å². The first kappa shape index (κ1) is 21.0. The molecule has 1 aliphatic heterocycles. The molecule has 0 bridgehead atoms. The molecule has 0 amide bonds. The molecule has 4 nitrogen and oxygen atoms in total. The number of unbranched alkanes of at least 4 members (excludes halogenated alkanes) is 1. The Labute approximate surface area is 160 Å². The molecule has 1 heterocycles. The molecule has 1 saturated heterocycles. The van der Waals surface area contributed by atoms with Crippen LogP contribution in [-0.4, -0.2) is 50.1 Å². The second kappa shape index (κ2) is 10.7. The van der Waals surface area contributed by atoms with Crippen LogP contribution in [0.3, 0.4) is 0 Å². The summed E-state index contributed by atoms with van der Waals surface area (Å²) in [4.78, 5) is 7.03. The maximum Gasteiger partial charge on any atom is 0.191 e. The molecule has 2 fully saturated rings. The van der Waals surface area contributed by atoms with Crippen molar-refractivity contribution in [3.05, 3.63) is 0 Å². The Morgan fingerprint density at radius 2 is 1.87 bits per heavy atom. The van der Waals surface area contributed by atoms with E-state index in [1.165, 1.54) is 71.0 Å². The summed E-state index contributed by atoms with van der Waals surface area (Å²) < 4.78 is 0. The lowest BCUT2D eigenvalue weighted by atomic mass is 9.89. The van der Waals surface area contributed by atoms with Gasteiger partial charge in [0.2, 0.25) is 0 Å². The van der Waals surface area contributed by atoms with Crippen LogP contribution in [0, 0.1) is 5.41 Å². The minimum Gasteiger partial charge on any atom is -0.356 e. The second-order valence-corrected chi connectivity index (χ2v) is 7.56. The number of rotatable bonds is 6. The molecule has 0 atom stereocenters. The zero-order valence-corrected chi connectivity index (χ0v) is 17.7. The lowest BCUT2D eigenvalue weighted by Crippen LogP contribution is -2.50. The van der Waals surface area contributed by atoms with Crippen molar-refractivity contribution in [1.82, 2.24) is 15.5 Å². The van der Waals surface area contributed by atoms with Gasteiger partial charge < -0.3 is 15.5 Å². The summed E-state index contributed by atoms with van der Waals surface area (Å²) in [5, 5.41) is 7.21. The molecule has 0 radical (unpaired) electrons. The first-order valence-electron chi connectivity index (χ1n) is 9.35. The molecule has 1 aliphatic carbocycles. The predicted molar refractivity (Wildman–Crippen MR) is 111 cm³/mol. The molecule has 2 rings (SSSR count). The number of hydrogen-bond donors (Lipinski definition) is 2. The van der Waals surface area contributed by atoms with Gasteiger partial charge in [-0.3, -0.25) is 4.99 Å². The van der Waals surface area contributed by atoms with E-state index in [-0.39, 0.29) is 24.0 Å². The fourth-order valence-corrected chi connectivity index (χ4v) is 3.77. The summed E-state index contributed by atoms with van der Waals surface area (Å²) in [6.07, 6.45) is 10.6. The molecular formula is C18H37IN4. The van der Waals surface area contributed by atoms with Gasteiger partial charge in [0.15, 0.2) is 5.96 Å². The lowest BCUT2D eigenvalue weighted by molar-refractivity contribution is 0.203. The third kappa shape index (κ3) is 7.16. The summed E-state index contributed by atoms with van der Waals surface area (Å²) in [5.41, 5.74) is 0.473. The van der Waals surface area contributed by atoms with Crippen molar-refractivity contribution in [2.24, 2.45) is 10.4 Å². The largest absolute Gasteiger partial charge is 0.356 e. The Kier molecular flexibility index (Phi) is 9.82. The number of aliphatic imine (C=N–C) groups is 1. The second-order valence-electron chi connectivity index (χ2n) is 7.56. The van der Waals surface area contributed by atoms with Gasteiger partial charge >= 0.3 is 0 Å². The summed E-state index contributed by atoms with van der Waals surface area (Å²) in [5.74, 6) is 1.00. The van der Waals surface area contributed by atoms with Gasteiger partial charge in [-0.05, 0) is 44.1 Å². The van der Waals surface area contributed by atoms with Crippen LogP contribution in [0.15, 0.2) is 4.99 Å². The monoisotopic (exact) mass is 436 g/mol. The molecule has 1 saturated carbocycles. The summed E-state index contributed by atoms with van der Waals surface area (Å²) in [6, 6.07) is 0.584. The van der Waals surface area contributed by atoms with Crippen molar-refractivity contribution in [3.8, 4) is 0 Å². The molecular weight excluding hydrogens is 399 g/mol. The van der Waals surface area contributed by atoms with Crippen molar-refractivity contribution >= 4 is 29.9 Å². The molecule has 0 aromatic carbocycles. The minimum absolute atomic E-state index is 0. The van der Waals surface area contributed by atoms with Crippen LogP contribution in [0.5, 0.6) is 0 Å². The van der Waals surface area contributed by atoms with E-state index in [1.807, 2.05) is 7.05 Å². The van der Waals surface area contributed by atoms with Crippen LogP contribution in [-0.2, 0) is 0 Å². The number of nitrogens with zero attached hydrogens (tertiary/aromatic N) is 2. The molecule has 0 aromatic rings. The highest BCUT2D eigenvalue weighted by Gasteiger charge is 2.29. The first-order chi connectivity index (χ1) is 10.6. The van der Waals surface area contributed by atoms with E-state index in [2.05, 4.69) is 34.4 Å². The van der Waals surface area contributed by atoms with E-state index < -0.39 is 0 Å². The number of nitrogens with one attached hydrogen (secondary N) is 2. The molecule has 2 aliphatic rings.